The van der Waals surface area contributed by atoms with Gasteiger partial charge in [-0.15, -0.1) is 0 Å². The highest BCUT2D eigenvalue weighted by molar-refractivity contribution is 8.14. The molecule has 0 saturated heterocycles. The molecule has 0 N–H and O–H groups in total. The lowest BCUT2D eigenvalue weighted by Gasteiger charge is -2.29. The highest BCUT2D eigenvalue weighted by Crippen LogP contribution is 2.34. The van der Waals surface area contributed by atoms with Crippen LogP contribution in [-0.2, 0) is 14.3 Å². The normalized spacial score (nSPS) is 19.3. The number of carbonyl (C=O) groups is 2. The molecule has 0 aliphatic heterocycles. The minimum atomic E-state index is 0.120. The van der Waals surface area contributed by atoms with E-state index in [-0.39, 0.29) is 5.12 Å². The monoisotopic (exact) mass is 414 g/mol. The SMILES string of the molecule is C=C(C)C(=O)SCCCCCCOC1CCC(c2ccc(/C=C/C=O)cc2)CC1. The summed E-state index contributed by atoms with van der Waals surface area (Å²) in [5.74, 6) is 1.52. The zero-order chi connectivity index (χ0) is 20.9. The lowest BCUT2D eigenvalue weighted by molar-refractivity contribution is -0.107. The highest BCUT2D eigenvalue weighted by Gasteiger charge is 2.22. The molecule has 0 bridgehead atoms. The second-order valence-electron chi connectivity index (χ2n) is 7.84. The van der Waals surface area contributed by atoms with Crippen molar-refractivity contribution in [2.75, 3.05) is 12.4 Å². The van der Waals surface area contributed by atoms with Crippen LogP contribution < -0.4 is 0 Å². The minimum absolute atomic E-state index is 0.120. The van der Waals surface area contributed by atoms with Gasteiger partial charge in [0, 0.05) is 12.4 Å². The van der Waals surface area contributed by atoms with Gasteiger partial charge in [0.05, 0.1) is 6.10 Å². The Bertz CT molecular complexity index is 670. The Labute approximate surface area is 180 Å². The van der Waals surface area contributed by atoms with E-state index in [1.54, 1.807) is 6.92 Å². The quantitative estimate of drug-likeness (QED) is 0.227. The molecule has 0 heterocycles. The zero-order valence-electron chi connectivity index (χ0n) is 17.6. The van der Waals surface area contributed by atoms with Crippen LogP contribution in [0.1, 0.15) is 75.3 Å². The van der Waals surface area contributed by atoms with Crippen LogP contribution in [0.25, 0.3) is 6.08 Å². The van der Waals surface area contributed by atoms with Crippen molar-refractivity contribution < 1.29 is 14.3 Å². The molecule has 1 saturated carbocycles. The first-order chi connectivity index (χ1) is 14.1. The van der Waals surface area contributed by atoms with Crippen molar-refractivity contribution in [1.29, 1.82) is 0 Å². The van der Waals surface area contributed by atoms with Gasteiger partial charge in [-0.3, -0.25) is 9.59 Å². The lowest BCUT2D eigenvalue weighted by Crippen LogP contribution is -2.21. The Kier molecular flexibility index (Phi) is 11.0. The zero-order valence-corrected chi connectivity index (χ0v) is 18.4. The Morgan fingerprint density at radius 2 is 1.79 bits per heavy atom. The van der Waals surface area contributed by atoms with E-state index in [0.29, 0.717) is 17.6 Å². The summed E-state index contributed by atoms with van der Waals surface area (Å²) in [6.07, 6.45) is 13.7. The molecule has 2 rings (SSSR count). The second kappa shape index (κ2) is 13.6. The molecule has 1 aromatic rings. The van der Waals surface area contributed by atoms with Crippen molar-refractivity contribution in [2.24, 2.45) is 0 Å². The van der Waals surface area contributed by atoms with Gasteiger partial charge in [-0.2, -0.15) is 0 Å². The summed E-state index contributed by atoms with van der Waals surface area (Å²) in [6.45, 7) is 6.30. The number of carbonyl (C=O) groups excluding carboxylic acids is 2. The van der Waals surface area contributed by atoms with Gasteiger partial charge >= 0.3 is 0 Å². The van der Waals surface area contributed by atoms with Crippen LogP contribution >= 0.6 is 11.8 Å². The molecule has 1 aliphatic carbocycles. The number of hydrogen-bond acceptors (Lipinski definition) is 4. The number of unbranched alkanes of at least 4 members (excludes halogenated alkanes) is 3. The van der Waals surface area contributed by atoms with E-state index >= 15 is 0 Å². The first-order valence-corrected chi connectivity index (χ1v) is 11.7. The van der Waals surface area contributed by atoms with E-state index in [9.17, 15) is 9.59 Å². The summed E-state index contributed by atoms with van der Waals surface area (Å²) in [5, 5.41) is 0.120. The van der Waals surface area contributed by atoms with Crippen LogP contribution in [0.3, 0.4) is 0 Å². The van der Waals surface area contributed by atoms with Crippen LogP contribution in [-0.4, -0.2) is 29.9 Å². The molecule has 0 unspecified atom stereocenters. The number of rotatable bonds is 12. The molecule has 1 aliphatic rings. The summed E-state index contributed by atoms with van der Waals surface area (Å²) in [7, 11) is 0. The van der Waals surface area contributed by atoms with E-state index in [1.807, 2.05) is 6.08 Å². The maximum absolute atomic E-state index is 11.4. The molecular formula is C25H34O3S. The van der Waals surface area contributed by atoms with Crippen LogP contribution in [0.15, 0.2) is 42.5 Å². The maximum Gasteiger partial charge on any atom is 0.214 e. The molecule has 4 heteroatoms. The molecule has 29 heavy (non-hydrogen) atoms. The molecule has 0 amide bonds. The van der Waals surface area contributed by atoms with E-state index in [0.717, 1.165) is 56.3 Å². The standard InChI is InChI=1S/C25H34O3S/c1-20(2)25(27)29-19-6-4-3-5-18-28-24-15-13-23(14-16-24)22-11-9-21(10-12-22)8-7-17-26/h7-12,17,23-24H,1,3-6,13-16,18-19H2,2H3/b8-7+. The van der Waals surface area contributed by atoms with Gasteiger partial charge in [0.1, 0.15) is 6.29 Å². The van der Waals surface area contributed by atoms with Crippen molar-refractivity contribution in [3.63, 3.8) is 0 Å². The molecule has 0 radical (unpaired) electrons. The summed E-state index contributed by atoms with van der Waals surface area (Å²) in [4.78, 5) is 21.9. The Hall–Kier alpha value is -1.65. The summed E-state index contributed by atoms with van der Waals surface area (Å²) in [6, 6.07) is 8.56. The Balaban J connectivity index is 1.53. The van der Waals surface area contributed by atoms with Gasteiger partial charge in [0.15, 0.2) is 0 Å². The predicted molar refractivity (Wildman–Crippen MR) is 123 cm³/mol. The van der Waals surface area contributed by atoms with Gasteiger partial charge < -0.3 is 4.74 Å². The fourth-order valence-electron chi connectivity index (χ4n) is 3.69. The van der Waals surface area contributed by atoms with E-state index in [2.05, 4.69) is 30.8 Å². The molecule has 0 spiro atoms. The molecule has 1 aromatic carbocycles. The minimum Gasteiger partial charge on any atom is -0.378 e. The summed E-state index contributed by atoms with van der Waals surface area (Å²) >= 11 is 1.39. The number of allylic oxidation sites excluding steroid dienone is 1. The predicted octanol–water partition coefficient (Wildman–Crippen LogP) is 6.34. The maximum atomic E-state index is 11.4. The first kappa shape index (κ1) is 23.6. The third-order valence-corrected chi connectivity index (χ3v) is 6.53. The molecular weight excluding hydrogens is 380 g/mol. The van der Waals surface area contributed by atoms with Gasteiger partial charge in [-0.05, 0) is 74.1 Å². The van der Waals surface area contributed by atoms with Gasteiger partial charge in [-0.1, -0.05) is 61.5 Å². The van der Waals surface area contributed by atoms with Crippen molar-refractivity contribution in [3.05, 3.63) is 53.6 Å². The van der Waals surface area contributed by atoms with E-state index < -0.39 is 0 Å². The van der Waals surface area contributed by atoms with E-state index in [4.69, 9.17) is 4.74 Å². The largest absolute Gasteiger partial charge is 0.378 e. The molecule has 3 nitrogen and oxygen atoms in total. The van der Waals surface area contributed by atoms with Crippen LogP contribution in [0.5, 0.6) is 0 Å². The fraction of sp³-hybridized carbons (Fsp3) is 0.520. The van der Waals surface area contributed by atoms with Crippen molar-refractivity contribution in [3.8, 4) is 0 Å². The van der Waals surface area contributed by atoms with Crippen molar-refractivity contribution >= 4 is 29.2 Å². The summed E-state index contributed by atoms with van der Waals surface area (Å²) < 4.78 is 6.09. The number of ether oxygens (including phenoxy) is 1. The third-order valence-electron chi connectivity index (χ3n) is 5.42. The number of aldehydes is 1. The smallest absolute Gasteiger partial charge is 0.214 e. The first-order valence-electron chi connectivity index (χ1n) is 10.8. The van der Waals surface area contributed by atoms with Gasteiger partial charge in [0.2, 0.25) is 5.12 Å². The Morgan fingerprint density at radius 1 is 1.10 bits per heavy atom. The van der Waals surface area contributed by atoms with E-state index in [1.165, 1.54) is 42.7 Å². The highest BCUT2D eigenvalue weighted by atomic mass is 32.2. The van der Waals surface area contributed by atoms with Gasteiger partial charge in [-0.25, -0.2) is 0 Å². The molecule has 1 fully saturated rings. The van der Waals surface area contributed by atoms with Gasteiger partial charge in [0.25, 0.3) is 0 Å². The molecule has 0 aromatic heterocycles. The molecule has 158 valence electrons. The average molecular weight is 415 g/mol. The third kappa shape index (κ3) is 9.14. The topological polar surface area (TPSA) is 43.4 Å². The average Bonchev–Trinajstić information content (AvgIpc) is 2.74. The second-order valence-corrected chi connectivity index (χ2v) is 8.90. The summed E-state index contributed by atoms with van der Waals surface area (Å²) in [5.41, 5.74) is 3.11. The van der Waals surface area contributed by atoms with Crippen LogP contribution in [0.2, 0.25) is 0 Å². The fourth-order valence-corrected chi connectivity index (χ4v) is 4.47. The van der Waals surface area contributed by atoms with Crippen molar-refractivity contribution in [2.45, 2.75) is 70.3 Å². The number of benzene rings is 1. The molecule has 0 atom stereocenters. The number of thioether (sulfide) groups is 1. The van der Waals surface area contributed by atoms with Crippen LogP contribution in [0.4, 0.5) is 0 Å². The lowest BCUT2D eigenvalue weighted by atomic mass is 9.82. The van der Waals surface area contributed by atoms with Crippen molar-refractivity contribution in [1.82, 2.24) is 0 Å². The number of hydrogen-bond donors (Lipinski definition) is 0. The van der Waals surface area contributed by atoms with Crippen LogP contribution in [0, 0.1) is 0 Å². The Morgan fingerprint density at radius 3 is 2.45 bits per heavy atom.